The van der Waals surface area contributed by atoms with E-state index in [0.29, 0.717) is 15.8 Å². The highest BCUT2D eigenvalue weighted by Gasteiger charge is 2.26. The molecule has 0 aliphatic carbocycles. The van der Waals surface area contributed by atoms with E-state index in [2.05, 4.69) is 36.7 Å². The van der Waals surface area contributed by atoms with Crippen LogP contribution in [0.3, 0.4) is 0 Å². The highest BCUT2D eigenvalue weighted by atomic mass is 79.9. The van der Waals surface area contributed by atoms with E-state index in [-0.39, 0.29) is 17.4 Å². The van der Waals surface area contributed by atoms with E-state index in [0.717, 1.165) is 6.33 Å². The highest BCUT2D eigenvalue weighted by molar-refractivity contribution is 9.10. The Bertz CT molecular complexity index is 1060. The van der Waals surface area contributed by atoms with Crippen molar-refractivity contribution in [3.05, 3.63) is 75.0 Å². The molecule has 0 saturated heterocycles. The maximum atomic E-state index is 12.3. The lowest BCUT2D eigenvalue weighted by atomic mass is 10.2. The molecule has 2 aromatic carbocycles. The van der Waals surface area contributed by atoms with Gasteiger partial charge in [0.25, 0.3) is 5.91 Å². The Kier molecular flexibility index (Phi) is 6.19. The number of nitrogens with zero attached hydrogens (tertiary/aromatic N) is 3. The van der Waals surface area contributed by atoms with Crippen molar-refractivity contribution in [1.29, 1.82) is 0 Å². The van der Waals surface area contributed by atoms with Crippen LogP contribution in [0, 0.1) is 10.1 Å². The normalized spacial score (nSPS) is 10.1. The number of anilines is 1. The summed E-state index contributed by atoms with van der Waals surface area (Å²) in [5, 5.41) is 11.6. The second-order valence-corrected chi connectivity index (χ2v) is 6.30. The molecule has 2 N–H and O–H groups in total. The Balaban J connectivity index is 1.86. The molecule has 0 bridgehead atoms. The van der Waals surface area contributed by atoms with Gasteiger partial charge in [-0.15, -0.1) is 0 Å². The van der Waals surface area contributed by atoms with Crippen LogP contribution in [0.15, 0.2) is 59.3 Å². The molecule has 11 heteroatoms. The van der Waals surface area contributed by atoms with Gasteiger partial charge in [0.05, 0.1) is 17.6 Å². The Hall–Kier alpha value is -3.73. The largest absolute Gasteiger partial charge is 0.493 e. The molecule has 0 fully saturated rings. The number of hydrogen-bond acceptors (Lipinski definition) is 8. The molecule has 29 heavy (non-hydrogen) atoms. The fourth-order valence-corrected chi connectivity index (χ4v) is 2.79. The van der Waals surface area contributed by atoms with Gasteiger partial charge >= 0.3 is 11.6 Å². The molecule has 0 saturated carbocycles. The molecule has 0 unspecified atom stereocenters. The maximum absolute atomic E-state index is 12.3. The molecule has 10 nitrogen and oxygen atoms in total. The van der Waals surface area contributed by atoms with Crippen LogP contribution < -0.4 is 20.3 Å². The van der Waals surface area contributed by atoms with Crippen molar-refractivity contribution in [3.63, 3.8) is 0 Å². The first kappa shape index (κ1) is 20.0. The number of carbonyl (C=O) groups excluding carboxylic acids is 1. The minimum atomic E-state index is -0.711. The molecule has 1 aromatic heterocycles. The van der Waals surface area contributed by atoms with Gasteiger partial charge in [-0.1, -0.05) is 24.3 Å². The minimum absolute atomic E-state index is 0.236. The Morgan fingerprint density at radius 1 is 1.10 bits per heavy atom. The van der Waals surface area contributed by atoms with Gasteiger partial charge in [0, 0.05) is 4.47 Å². The molecule has 1 amide bonds. The third kappa shape index (κ3) is 4.58. The lowest BCUT2D eigenvalue weighted by Gasteiger charge is -2.12. The quantitative estimate of drug-likeness (QED) is 0.404. The molecule has 0 spiro atoms. The van der Waals surface area contributed by atoms with Crippen molar-refractivity contribution in [3.8, 4) is 17.4 Å². The fourth-order valence-electron chi connectivity index (χ4n) is 2.33. The summed E-state index contributed by atoms with van der Waals surface area (Å²) in [5.74, 6) is -0.461. The van der Waals surface area contributed by atoms with Gasteiger partial charge in [0.15, 0.2) is 11.5 Å². The fraction of sp³-hybridized carbons (Fsp3) is 0.0556. The third-order valence-corrected chi connectivity index (χ3v) is 4.35. The lowest BCUT2D eigenvalue weighted by Crippen LogP contribution is -2.30. The monoisotopic (exact) mass is 459 g/mol. The van der Waals surface area contributed by atoms with Crippen molar-refractivity contribution in [1.82, 2.24) is 15.4 Å². The zero-order valence-corrected chi connectivity index (χ0v) is 16.5. The Labute approximate surface area is 173 Å². The lowest BCUT2D eigenvalue weighted by molar-refractivity contribution is -0.385. The number of nitrogens with one attached hydrogen (secondary N) is 2. The standard InChI is InChI=1S/C18H14BrN5O5/c1-28-13-8-4-5-9-14(13)29-18-15(24(26)27)16(20-10-21-18)22-23-17(25)11-6-2-3-7-12(11)19/h2-10H,1H3,(H,23,25)(H,20,21,22). The number of ether oxygens (including phenoxy) is 2. The molecule has 0 aliphatic heterocycles. The van der Waals surface area contributed by atoms with Crippen molar-refractivity contribution in [2.24, 2.45) is 0 Å². The average Bonchev–Trinajstić information content (AvgIpc) is 2.72. The van der Waals surface area contributed by atoms with Crippen molar-refractivity contribution < 1.29 is 19.2 Å². The van der Waals surface area contributed by atoms with E-state index in [1.165, 1.54) is 7.11 Å². The van der Waals surface area contributed by atoms with Crippen LogP contribution in [0.1, 0.15) is 10.4 Å². The highest BCUT2D eigenvalue weighted by Crippen LogP contribution is 2.37. The molecule has 0 atom stereocenters. The number of rotatable bonds is 7. The number of carbonyl (C=O) groups is 1. The van der Waals surface area contributed by atoms with Gasteiger partial charge in [-0.3, -0.25) is 25.8 Å². The van der Waals surface area contributed by atoms with E-state index in [4.69, 9.17) is 9.47 Å². The zero-order chi connectivity index (χ0) is 20.8. The number of benzene rings is 2. The first-order valence-corrected chi connectivity index (χ1v) is 8.91. The summed E-state index contributed by atoms with van der Waals surface area (Å²) < 4.78 is 11.3. The number of methoxy groups -OCH3 is 1. The van der Waals surface area contributed by atoms with Crippen LogP contribution in [0.5, 0.6) is 17.4 Å². The second kappa shape index (κ2) is 8.97. The number of amides is 1. The average molecular weight is 460 g/mol. The molecule has 3 rings (SSSR count). The van der Waals surface area contributed by atoms with E-state index in [1.54, 1.807) is 48.5 Å². The molecule has 0 radical (unpaired) electrons. The summed E-state index contributed by atoms with van der Waals surface area (Å²) in [6.45, 7) is 0. The number of aromatic nitrogens is 2. The van der Waals surface area contributed by atoms with Gasteiger partial charge < -0.3 is 9.47 Å². The van der Waals surface area contributed by atoms with Crippen LogP contribution in [0.4, 0.5) is 11.5 Å². The van der Waals surface area contributed by atoms with Crippen molar-refractivity contribution in [2.45, 2.75) is 0 Å². The van der Waals surface area contributed by atoms with Crippen LogP contribution in [0.2, 0.25) is 0 Å². The topological polar surface area (TPSA) is 129 Å². The van der Waals surface area contributed by atoms with E-state index in [1.807, 2.05) is 0 Å². The molecular weight excluding hydrogens is 446 g/mol. The summed E-state index contributed by atoms with van der Waals surface area (Å²) in [4.78, 5) is 30.9. The zero-order valence-electron chi connectivity index (χ0n) is 15.0. The Morgan fingerprint density at radius 3 is 2.48 bits per heavy atom. The van der Waals surface area contributed by atoms with Crippen LogP contribution >= 0.6 is 15.9 Å². The number of para-hydroxylation sites is 2. The van der Waals surface area contributed by atoms with Crippen LogP contribution in [-0.4, -0.2) is 27.9 Å². The van der Waals surface area contributed by atoms with E-state index >= 15 is 0 Å². The molecule has 0 aliphatic rings. The van der Waals surface area contributed by atoms with Crippen molar-refractivity contribution in [2.75, 3.05) is 12.5 Å². The smallest absolute Gasteiger partial charge is 0.374 e. The van der Waals surface area contributed by atoms with Crippen molar-refractivity contribution >= 4 is 33.3 Å². The summed E-state index contributed by atoms with van der Waals surface area (Å²) in [5.41, 5.74) is 4.61. The predicted octanol–water partition coefficient (Wildman–Crippen LogP) is 3.71. The Morgan fingerprint density at radius 2 is 1.79 bits per heavy atom. The van der Waals surface area contributed by atoms with Gasteiger partial charge in [-0.05, 0) is 40.2 Å². The molecule has 3 aromatic rings. The molecule has 1 heterocycles. The summed E-state index contributed by atoms with van der Waals surface area (Å²) in [6.07, 6.45) is 1.07. The van der Waals surface area contributed by atoms with Gasteiger partial charge in [-0.25, -0.2) is 4.98 Å². The SMILES string of the molecule is COc1ccccc1Oc1ncnc(NNC(=O)c2ccccc2Br)c1[N+](=O)[O-]. The predicted molar refractivity (Wildman–Crippen MR) is 107 cm³/mol. The van der Waals surface area contributed by atoms with Gasteiger partial charge in [0.1, 0.15) is 6.33 Å². The minimum Gasteiger partial charge on any atom is -0.493 e. The first-order valence-electron chi connectivity index (χ1n) is 8.12. The number of hydrazine groups is 1. The number of halogens is 1. The first-order chi connectivity index (χ1) is 14.0. The maximum Gasteiger partial charge on any atom is 0.374 e. The second-order valence-electron chi connectivity index (χ2n) is 5.45. The number of hydrogen-bond donors (Lipinski definition) is 2. The molecular formula is C18H14BrN5O5. The summed E-state index contributed by atoms with van der Waals surface area (Å²) >= 11 is 3.27. The van der Waals surface area contributed by atoms with Gasteiger partial charge in [0.2, 0.25) is 5.82 Å². The van der Waals surface area contributed by atoms with Crippen LogP contribution in [-0.2, 0) is 0 Å². The summed E-state index contributed by atoms with van der Waals surface area (Å²) in [7, 11) is 1.45. The van der Waals surface area contributed by atoms with Gasteiger partial charge in [-0.2, -0.15) is 4.98 Å². The third-order valence-electron chi connectivity index (χ3n) is 3.66. The number of nitro groups is 1. The van der Waals surface area contributed by atoms with E-state index < -0.39 is 16.5 Å². The molecule has 148 valence electrons. The van der Waals surface area contributed by atoms with Crippen LogP contribution in [0.25, 0.3) is 0 Å². The summed E-state index contributed by atoms with van der Waals surface area (Å²) in [6, 6.07) is 13.3. The van der Waals surface area contributed by atoms with E-state index in [9.17, 15) is 14.9 Å².